The summed E-state index contributed by atoms with van der Waals surface area (Å²) < 4.78 is 0. The Bertz CT molecular complexity index is 290. The molecule has 0 radical (unpaired) electrons. The van der Waals surface area contributed by atoms with Crippen LogP contribution in [0.15, 0.2) is 0 Å². The molecule has 0 aromatic carbocycles. The molecule has 2 aliphatic rings. The lowest BCUT2D eigenvalue weighted by Gasteiger charge is -2.38. The standard InChI is InChI=1S/C15H28N2O/c1-11(2)9-14-5-3-4-8-17(14)15(18)12-6-7-13(16)10-12/h11-14H,3-10,16H2,1-2H3. The van der Waals surface area contributed by atoms with Crippen LogP contribution in [0.5, 0.6) is 0 Å². The van der Waals surface area contributed by atoms with Gasteiger partial charge in [0.05, 0.1) is 0 Å². The van der Waals surface area contributed by atoms with E-state index >= 15 is 0 Å². The molecule has 2 rings (SSSR count). The summed E-state index contributed by atoms with van der Waals surface area (Å²) in [5, 5.41) is 0. The first kappa shape index (κ1) is 13.9. The minimum atomic E-state index is 0.216. The molecule has 3 atom stereocenters. The van der Waals surface area contributed by atoms with Crippen molar-refractivity contribution in [2.45, 2.75) is 70.9 Å². The number of amides is 1. The molecule has 1 saturated carbocycles. The molecule has 104 valence electrons. The van der Waals surface area contributed by atoms with Crippen molar-refractivity contribution in [3.63, 3.8) is 0 Å². The highest BCUT2D eigenvalue weighted by Gasteiger charge is 2.35. The van der Waals surface area contributed by atoms with Crippen LogP contribution in [0.3, 0.4) is 0 Å². The average molecular weight is 252 g/mol. The molecule has 3 unspecified atom stereocenters. The van der Waals surface area contributed by atoms with Gasteiger partial charge in [-0.15, -0.1) is 0 Å². The average Bonchev–Trinajstić information content (AvgIpc) is 2.75. The summed E-state index contributed by atoms with van der Waals surface area (Å²) in [6.07, 6.45) is 7.76. The van der Waals surface area contributed by atoms with E-state index in [-0.39, 0.29) is 12.0 Å². The van der Waals surface area contributed by atoms with Crippen LogP contribution in [-0.4, -0.2) is 29.4 Å². The molecule has 2 N–H and O–H groups in total. The number of carbonyl (C=O) groups is 1. The molecule has 1 saturated heterocycles. The Morgan fingerprint density at radius 3 is 2.67 bits per heavy atom. The molecule has 1 aliphatic heterocycles. The van der Waals surface area contributed by atoms with Crippen LogP contribution in [-0.2, 0) is 4.79 Å². The van der Waals surface area contributed by atoms with Gasteiger partial charge in [-0.05, 0) is 50.9 Å². The lowest BCUT2D eigenvalue weighted by molar-refractivity contribution is -0.139. The summed E-state index contributed by atoms with van der Waals surface area (Å²) >= 11 is 0. The van der Waals surface area contributed by atoms with Crippen LogP contribution in [0, 0.1) is 11.8 Å². The summed E-state index contributed by atoms with van der Waals surface area (Å²) in [4.78, 5) is 14.8. The number of hydrogen-bond acceptors (Lipinski definition) is 2. The van der Waals surface area contributed by atoms with Gasteiger partial charge in [-0.3, -0.25) is 4.79 Å². The Kier molecular flexibility index (Phi) is 4.66. The first-order valence-electron chi connectivity index (χ1n) is 7.64. The molecule has 0 bridgehead atoms. The van der Waals surface area contributed by atoms with Crippen LogP contribution >= 0.6 is 0 Å². The van der Waals surface area contributed by atoms with Gasteiger partial charge in [0.1, 0.15) is 0 Å². The highest BCUT2D eigenvalue weighted by molar-refractivity contribution is 5.79. The first-order valence-corrected chi connectivity index (χ1v) is 7.64. The number of rotatable bonds is 3. The van der Waals surface area contributed by atoms with E-state index in [1.807, 2.05) is 0 Å². The summed E-state index contributed by atoms with van der Waals surface area (Å²) in [6, 6.07) is 0.746. The van der Waals surface area contributed by atoms with E-state index in [1.54, 1.807) is 0 Å². The van der Waals surface area contributed by atoms with E-state index in [1.165, 1.54) is 19.3 Å². The normalized spacial score (nSPS) is 33.1. The topological polar surface area (TPSA) is 46.3 Å². The Balaban J connectivity index is 1.97. The molecular weight excluding hydrogens is 224 g/mol. The maximum Gasteiger partial charge on any atom is 0.225 e. The molecular formula is C15H28N2O. The summed E-state index contributed by atoms with van der Waals surface area (Å²) in [5.74, 6) is 1.29. The molecule has 1 amide bonds. The third kappa shape index (κ3) is 3.25. The van der Waals surface area contributed by atoms with Gasteiger partial charge in [-0.2, -0.15) is 0 Å². The van der Waals surface area contributed by atoms with Crippen molar-refractivity contribution in [2.75, 3.05) is 6.54 Å². The fraction of sp³-hybridized carbons (Fsp3) is 0.933. The minimum Gasteiger partial charge on any atom is -0.339 e. The number of nitrogens with zero attached hydrogens (tertiary/aromatic N) is 1. The van der Waals surface area contributed by atoms with Crippen molar-refractivity contribution in [1.29, 1.82) is 0 Å². The van der Waals surface area contributed by atoms with Gasteiger partial charge in [-0.1, -0.05) is 13.8 Å². The Hall–Kier alpha value is -0.570. The number of hydrogen-bond donors (Lipinski definition) is 1. The van der Waals surface area contributed by atoms with Crippen molar-refractivity contribution in [3.05, 3.63) is 0 Å². The van der Waals surface area contributed by atoms with E-state index < -0.39 is 0 Å². The van der Waals surface area contributed by atoms with Crippen LogP contribution in [0.2, 0.25) is 0 Å². The zero-order valence-electron chi connectivity index (χ0n) is 11.9. The van der Waals surface area contributed by atoms with E-state index in [0.29, 0.717) is 17.9 Å². The first-order chi connectivity index (χ1) is 8.58. The molecule has 0 aromatic rings. The molecule has 1 aliphatic carbocycles. The highest BCUT2D eigenvalue weighted by Crippen LogP contribution is 2.30. The van der Waals surface area contributed by atoms with Crippen molar-refractivity contribution in [2.24, 2.45) is 17.6 Å². The zero-order chi connectivity index (χ0) is 13.1. The summed E-state index contributed by atoms with van der Waals surface area (Å²) in [7, 11) is 0. The number of nitrogens with two attached hydrogens (primary N) is 1. The van der Waals surface area contributed by atoms with Crippen LogP contribution < -0.4 is 5.73 Å². The molecule has 18 heavy (non-hydrogen) atoms. The largest absolute Gasteiger partial charge is 0.339 e. The van der Waals surface area contributed by atoms with Gasteiger partial charge >= 0.3 is 0 Å². The van der Waals surface area contributed by atoms with E-state index in [9.17, 15) is 4.79 Å². The molecule has 2 fully saturated rings. The van der Waals surface area contributed by atoms with Gasteiger partial charge < -0.3 is 10.6 Å². The maximum atomic E-state index is 12.6. The fourth-order valence-electron chi connectivity index (χ4n) is 3.56. The van der Waals surface area contributed by atoms with Gasteiger partial charge in [0.2, 0.25) is 5.91 Å². The van der Waals surface area contributed by atoms with Gasteiger partial charge in [-0.25, -0.2) is 0 Å². The van der Waals surface area contributed by atoms with Crippen molar-refractivity contribution in [1.82, 2.24) is 4.90 Å². The summed E-state index contributed by atoms with van der Waals surface area (Å²) in [6.45, 7) is 5.48. The second-order valence-electron chi connectivity index (χ2n) is 6.58. The highest BCUT2D eigenvalue weighted by atomic mass is 16.2. The van der Waals surface area contributed by atoms with Crippen LogP contribution in [0.25, 0.3) is 0 Å². The van der Waals surface area contributed by atoms with Gasteiger partial charge in [0.25, 0.3) is 0 Å². The van der Waals surface area contributed by atoms with Crippen molar-refractivity contribution >= 4 is 5.91 Å². The van der Waals surface area contributed by atoms with E-state index in [2.05, 4.69) is 18.7 Å². The van der Waals surface area contributed by atoms with Gasteiger partial charge in [0.15, 0.2) is 0 Å². The van der Waals surface area contributed by atoms with E-state index in [0.717, 1.165) is 32.2 Å². The predicted octanol–water partition coefficient (Wildman–Crippen LogP) is 2.54. The Labute approximate surface area is 111 Å². The second kappa shape index (κ2) is 6.05. The molecule has 3 nitrogen and oxygen atoms in total. The third-order valence-corrected chi connectivity index (χ3v) is 4.48. The Morgan fingerprint density at radius 2 is 2.06 bits per heavy atom. The SMILES string of the molecule is CC(C)CC1CCCCN1C(=O)C1CCC(N)C1. The van der Waals surface area contributed by atoms with Crippen molar-refractivity contribution < 1.29 is 4.79 Å². The number of carbonyl (C=O) groups excluding carboxylic acids is 1. The lowest BCUT2D eigenvalue weighted by atomic mass is 9.92. The monoisotopic (exact) mass is 252 g/mol. The quantitative estimate of drug-likeness (QED) is 0.839. The summed E-state index contributed by atoms with van der Waals surface area (Å²) in [5.41, 5.74) is 5.94. The smallest absolute Gasteiger partial charge is 0.225 e. The molecule has 3 heteroatoms. The van der Waals surface area contributed by atoms with E-state index in [4.69, 9.17) is 5.73 Å². The molecule has 1 heterocycles. The van der Waals surface area contributed by atoms with Gasteiger partial charge in [0, 0.05) is 24.5 Å². The fourth-order valence-corrected chi connectivity index (χ4v) is 3.56. The maximum absolute atomic E-state index is 12.6. The second-order valence-corrected chi connectivity index (χ2v) is 6.58. The lowest BCUT2D eigenvalue weighted by Crippen LogP contribution is -2.46. The Morgan fingerprint density at radius 1 is 1.28 bits per heavy atom. The minimum absolute atomic E-state index is 0.216. The van der Waals surface area contributed by atoms with Crippen molar-refractivity contribution in [3.8, 4) is 0 Å². The molecule has 0 aromatic heterocycles. The number of piperidine rings is 1. The zero-order valence-corrected chi connectivity index (χ0v) is 11.9. The predicted molar refractivity (Wildman–Crippen MR) is 74.1 cm³/mol. The third-order valence-electron chi connectivity index (χ3n) is 4.48. The number of likely N-dealkylation sites (tertiary alicyclic amines) is 1. The molecule has 0 spiro atoms. The van der Waals surface area contributed by atoms with Crippen LogP contribution in [0.1, 0.15) is 58.8 Å². The van der Waals surface area contributed by atoms with Crippen LogP contribution in [0.4, 0.5) is 0 Å².